The molecule has 10 heteroatoms. The summed E-state index contributed by atoms with van der Waals surface area (Å²) in [6, 6.07) is 5.72. The zero-order valence-electron chi connectivity index (χ0n) is 12.1. The molecule has 2 N–H and O–H groups in total. The summed E-state index contributed by atoms with van der Waals surface area (Å²) >= 11 is 12.7. The summed E-state index contributed by atoms with van der Waals surface area (Å²) in [5.41, 5.74) is 8.15. The Kier molecular flexibility index (Phi) is 4.33. The maximum Gasteiger partial charge on any atom is 0.177 e. The molecule has 0 unspecified atom stereocenters. The predicted molar refractivity (Wildman–Crippen MR) is 102 cm³/mol. The van der Waals surface area contributed by atoms with E-state index in [1.165, 1.54) is 18.1 Å². The minimum absolute atomic E-state index is 0.377. The summed E-state index contributed by atoms with van der Waals surface area (Å²) in [5, 5.41) is 2.27. The van der Waals surface area contributed by atoms with Crippen LogP contribution in [-0.2, 0) is 6.54 Å². The van der Waals surface area contributed by atoms with Gasteiger partial charge in [0, 0.05) is 11.9 Å². The van der Waals surface area contributed by atoms with Gasteiger partial charge in [0.15, 0.2) is 26.5 Å². The Morgan fingerprint density at radius 2 is 2.17 bits per heavy atom. The summed E-state index contributed by atoms with van der Waals surface area (Å²) in [5.74, 6) is 0.377. The summed E-state index contributed by atoms with van der Waals surface area (Å²) in [6.45, 7) is 0.723. The van der Waals surface area contributed by atoms with Crippen LogP contribution in [0.3, 0.4) is 0 Å². The number of nitrogens with zero attached hydrogens (tertiary/aromatic N) is 5. The molecule has 4 rings (SSSR count). The minimum atomic E-state index is 0.377. The number of hydrogen-bond donors (Lipinski definition) is 1. The minimum Gasteiger partial charge on any atom is -0.382 e. The molecule has 3 heterocycles. The molecule has 1 aromatic carbocycles. The monoisotopic (exact) mass is 440 g/mol. The zero-order valence-corrected chi connectivity index (χ0v) is 16.1. The van der Waals surface area contributed by atoms with E-state index in [9.17, 15) is 0 Å². The van der Waals surface area contributed by atoms with Crippen LogP contribution in [0.5, 0.6) is 0 Å². The number of anilines is 1. The van der Waals surface area contributed by atoms with E-state index in [2.05, 4.69) is 35.9 Å². The first-order valence-corrected chi connectivity index (χ1v) is 10.1. The van der Waals surface area contributed by atoms with E-state index in [-0.39, 0.29) is 0 Å². The molecule has 3 aromatic heterocycles. The number of rotatable bonds is 4. The second-order valence-electron chi connectivity index (χ2n) is 4.84. The number of imidazole rings is 1. The van der Waals surface area contributed by atoms with Crippen molar-refractivity contribution in [2.75, 3.05) is 11.1 Å². The smallest absolute Gasteiger partial charge is 0.177 e. The van der Waals surface area contributed by atoms with Gasteiger partial charge in [-0.25, -0.2) is 19.9 Å². The van der Waals surface area contributed by atoms with Crippen LogP contribution < -0.4 is 5.73 Å². The van der Waals surface area contributed by atoms with Crippen LogP contribution in [0, 0.1) is 0 Å². The molecule has 0 fully saturated rings. The normalized spacial score (nSPS) is 11.6. The first-order valence-electron chi connectivity index (χ1n) is 6.93. The average molecular weight is 442 g/mol. The van der Waals surface area contributed by atoms with Gasteiger partial charge in [-0.05, 0) is 23.9 Å². The summed E-state index contributed by atoms with van der Waals surface area (Å²) in [7, 11) is 0. The van der Waals surface area contributed by atoms with Crippen molar-refractivity contribution in [1.29, 1.82) is 0 Å². The number of thiazole rings is 1. The van der Waals surface area contributed by atoms with Crippen LogP contribution in [0.25, 0.3) is 21.4 Å². The second-order valence-corrected chi connectivity index (χ2v) is 8.25. The molecule has 0 amide bonds. The van der Waals surface area contributed by atoms with Gasteiger partial charge in [-0.2, -0.15) is 0 Å². The van der Waals surface area contributed by atoms with Crippen molar-refractivity contribution in [3.05, 3.63) is 29.5 Å². The number of nitrogens with two attached hydrogens (primary N) is 1. The van der Waals surface area contributed by atoms with Gasteiger partial charge in [-0.1, -0.05) is 33.6 Å². The third-order valence-electron chi connectivity index (χ3n) is 3.36. The lowest BCUT2D eigenvalue weighted by atomic mass is 10.3. The number of benzene rings is 1. The van der Waals surface area contributed by atoms with Crippen LogP contribution in [0.1, 0.15) is 0 Å². The fourth-order valence-corrected chi connectivity index (χ4v) is 5.02. The topological polar surface area (TPSA) is 82.5 Å². The molecule has 24 heavy (non-hydrogen) atoms. The summed E-state index contributed by atoms with van der Waals surface area (Å²) in [4.78, 5) is 17.6. The number of hydrogen-bond acceptors (Lipinski definition) is 7. The van der Waals surface area contributed by atoms with Gasteiger partial charge in [0.2, 0.25) is 0 Å². The molecule has 0 radical (unpaired) electrons. The number of fused-ring (bicyclic) bond motifs is 2. The van der Waals surface area contributed by atoms with Crippen molar-refractivity contribution in [2.45, 2.75) is 16.0 Å². The molecule has 0 saturated carbocycles. The Morgan fingerprint density at radius 1 is 1.29 bits per heavy atom. The lowest BCUT2D eigenvalue weighted by Crippen LogP contribution is -2.02. The molecule has 4 aromatic rings. The summed E-state index contributed by atoms with van der Waals surface area (Å²) in [6.07, 6.45) is 1.45. The Hall–Kier alpha value is -1.42. The fourth-order valence-electron chi connectivity index (χ4n) is 2.31. The van der Waals surface area contributed by atoms with Crippen molar-refractivity contribution in [2.24, 2.45) is 0 Å². The highest BCUT2D eigenvalue weighted by molar-refractivity contribution is 9.09. The van der Waals surface area contributed by atoms with Gasteiger partial charge < -0.3 is 10.3 Å². The third-order valence-corrected chi connectivity index (χ3v) is 6.30. The lowest BCUT2D eigenvalue weighted by Gasteiger charge is -2.04. The largest absolute Gasteiger partial charge is 0.382 e. The van der Waals surface area contributed by atoms with Crippen molar-refractivity contribution in [3.8, 4) is 0 Å². The quantitative estimate of drug-likeness (QED) is 0.478. The van der Waals surface area contributed by atoms with E-state index < -0.39 is 0 Å². The summed E-state index contributed by atoms with van der Waals surface area (Å²) < 4.78 is 3.86. The molecule has 6 nitrogen and oxygen atoms in total. The Bertz CT molecular complexity index is 1050. The van der Waals surface area contributed by atoms with E-state index >= 15 is 0 Å². The molecule has 0 aliphatic rings. The highest BCUT2D eigenvalue weighted by Gasteiger charge is 2.17. The van der Waals surface area contributed by atoms with Crippen molar-refractivity contribution in [1.82, 2.24) is 24.5 Å². The number of halogens is 2. The fraction of sp³-hybridized carbons (Fsp3) is 0.143. The van der Waals surface area contributed by atoms with E-state index in [0.29, 0.717) is 16.4 Å². The van der Waals surface area contributed by atoms with Crippen LogP contribution in [0.2, 0.25) is 5.02 Å². The van der Waals surface area contributed by atoms with Crippen LogP contribution in [0.4, 0.5) is 5.82 Å². The van der Waals surface area contributed by atoms with E-state index in [4.69, 9.17) is 17.3 Å². The number of alkyl halides is 1. The first-order chi connectivity index (χ1) is 11.7. The van der Waals surface area contributed by atoms with Crippen LogP contribution in [-0.4, -0.2) is 29.8 Å². The molecule has 0 bridgehead atoms. The average Bonchev–Trinajstić information content (AvgIpc) is 3.12. The number of nitrogen functional groups attached to an aromatic ring is 1. The highest BCUT2D eigenvalue weighted by Crippen LogP contribution is 2.38. The molecule has 0 aliphatic heterocycles. The van der Waals surface area contributed by atoms with Gasteiger partial charge in [0.25, 0.3) is 0 Å². The van der Waals surface area contributed by atoms with Crippen molar-refractivity contribution in [3.63, 3.8) is 0 Å². The Balaban J connectivity index is 1.81. The molecule has 0 spiro atoms. The zero-order chi connectivity index (χ0) is 16.7. The Morgan fingerprint density at radius 3 is 2.96 bits per heavy atom. The van der Waals surface area contributed by atoms with E-state index in [0.717, 1.165) is 37.2 Å². The standard InChI is InChI=1S/C14H10BrClN6S2/c15-4-5-22-12-9(11(17)18-6-19-12)21-13(22)24-14-20-8-3-1-2-7(16)10(8)23-14/h1-3,6H,4-5H2,(H2,17,18,19). The number of aryl methyl sites for hydroxylation is 1. The maximum absolute atomic E-state index is 6.24. The van der Waals surface area contributed by atoms with Crippen molar-refractivity contribution < 1.29 is 0 Å². The predicted octanol–water partition coefficient (Wildman–Crippen LogP) is 4.22. The van der Waals surface area contributed by atoms with Gasteiger partial charge in [0.05, 0.1) is 15.2 Å². The Labute approximate surface area is 158 Å². The lowest BCUT2D eigenvalue weighted by molar-refractivity contribution is 0.705. The maximum atomic E-state index is 6.24. The molecular weight excluding hydrogens is 432 g/mol. The van der Waals surface area contributed by atoms with Gasteiger partial charge >= 0.3 is 0 Å². The van der Waals surface area contributed by atoms with Gasteiger partial charge in [0.1, 0.15) is 6.33 Å². The SMILES string of the molecule is Nc1ncnc2c1nc(Sc1nc3cccc(Cl)c3s1)n2CCBr. The molecule has 122 valence electrons. The van der Waals surface area contributed by atoms with E-state index in [1.54, 1.807) is 11.3 Å². The first kappa shape index (κ1) is 16.1. The third kappa shape index (κ3) is 2.75. The molecular formula is C14H10BrClN6S2. The molecule has 0 aliphatic carbocycles. The van der Waals surface area contributed by atoms with Gasteiger partial charge in [-0.3, -0.25) is 0 Å². The van der Waals surface area contributed by atoms with Crippen molar-refractivity contribution >= 4 is 77.8 Å². The highest BCUT2D eigenvalue weighted by atomic mass is 79.9. The molecule has 0 saturated heterocycles. The second kappa shape index (κ2) is 6.47. The van der Waals surface area contributed by atoms with Crippen LogP contribution >= 0.6 is 50.6 Å². The van der Waals surface area contributed by atoms with Gasteiger partial charge in [-0.15, -0.1) is 11.3 Å². The molecule has 0 atom stereocenters. The van der Waals surface area contributed by atoms with E-state index in [1.807, 2.05) is 22.8 Å². The van der Waals surface area contributed by atoms with Crippen LogP contribution in [0.15, 0.2) is 34.0 Å². The number of aromatic nitrogens is 5.